The second-order valence-electron chi connectivity index (χ2n) is 3.55. The maximum absolute atomic E-state index is 9.12. The smallest absolute Gasteiger partial charge is 0.115 e. The molecule has 0 bridgehead atoms. The van der Waals surface area contributed by atoms with E-state index in [9.17, 15) is 0 Å². The molecule has 0 saturated heterocycles. The molecule has 1 aromatic carbocycles. The minimum absolute atomic E-state index is 0.331. The molecule has 1 aliphatic carbocycles. The molecule has 2 heteroatoms. The molecule has 1 N–H and O–H groups in total. The lowest BCUT2D eigenvalue weighted by Gasteiger charge is -2.35. The van der Waals surface area contributed by atoms with Crippen LogP contribution in [0.3, 0.4) is 0 Å². The van der Waals surface area contributed by atoms with Crippen molar-refractivity contribution in [2.75, 3.05) is 7.11 Å². The number of ether oxygens (including phenoxy) is 1. The van der Waals surface area contributed by atoms with E-state index in [4.69, 9.17) is 9.84 Å². The second kappa shape index (κ2) is 3.38. The monoisotopic (exact) mass is 178 g/mol. The van der Waals surface area contributed by atoms with Gasteiger partial charge in [0.2, 0.25) is 0 Å². The van der Waals surface area contributed by atoms with Crippen LogP contribution >= 0.6 is 0 Å². The number of methoxy groups -OCH3 is 1. The fraction of sp³-hybridized carbons (Fsp3) is 0.455. The molecule has 0 aromatic heterocycles. The summed E-state index contributed by atoms with van der Waals surface area (Å²) in [4.78, 5) is 0. The predicted octanol–water partition coefficient (Wildman–Crippen LogP) is 2.28. The van der Waals surface area contributed by atoms with Crippen molar-refractivity contribution in [1.29, 1.82) is 0 Å². The van der Waals surface area contributed by atoms with Crippen LogP contribution in [0.25, 0.3) is 0 Å². The van der Waals surface area contributed by atoms with Gasteiger partial charge in [-0.2, -0.15) is 0 Å². The van der Waals surface area contributed by atoms with Crippen molar-refractivity contribution < 1.29 is 9.84 Å². The summed E-state index contributed by atoms with van der Waals surface area (Å²) >= 11 is 0. The molecule has 0 spiro atoms. The van der Waals surface area contributed by atoms with Gasteiger partial charge in [-0.25, -0.2) is 0 Å². The maximum atomic E-state index is 9.12. The van der Waals surface area contributed by atoms with Gasteiger partial charge in [0.1, 0.15) is 5.75 Å². The molecule has 0 radical (unpaired) electrons. The van der Waals surface area contributed by atoms with E-state index in [0.29, 0.717) is 17.8 Å². The van der Waals surface area contributed by atoms with Gasteiger partial charge < -0.3 is 9.84 Å². The van der Waals surface area contributed by atoms with Gasteiger partial charge in [0.15, 0.2) is 0 Å². The van der Waals surface area contributed by atoms with E-state index in [1.807, 2.05) is 12.1 Å². The lowest BCUT2D eigenvalue weighted by Crippen LogP contribution is -2.30. The van der Waals surface area contributed by atoms with Crippen LogP contribution < -0.4 is 0 Å². The molecule has 1 aliphatic rings. The van der Waals surface area contributed by atoms with E-state index in [0.717, 1.165) is 6.42 Å². The van der Waals surface area contributed by atoms with Crippen molar-refractivity contribution in [2.45, 2.75) is 24.9 Å². The van der Waals surface area contributed by atoms with Gasteiger partial charge >= 0.3 is 0 Å². The first-order chi connectivity index (χ1) is 6.31. The fourth-order valence-corrected chi connectivity index (χ4v) is 1.85. The first-order valence-electron chi connectivity index (χ1n) is 4.63. The SMILES string of the molecule is COC1CCC1c1ccc(O)cc1. The summed E-state index contributed by atoms with van der Waals surface area (Å²) in [6.45, 7) is 0. The van der Waals surface area contributed by atoms with E-state index in [1.54, 1.807) is 19.2 Å². The molecule has 2 atom stereocenters. The number of benzene rings is 1. The standard InChI is InChI=1S/C11H14O2/c1-13-11-7-6-10(11)8-2-4-9(12)5-3-8/h2-5,10-12H,6-7H2,1H3. The van der Waals surface area contributed by atoms with E-state index in [1.165, 1.54) is 12.0 Å². The number of aromatic hydroxyl groups is 1. The second-order valence-corrected chi connectivity index (χ2v) is 3.55. The molecule has 1 aromatic rings. The Morgan fingerprint density at radius 1 is 1.23 bits per heavy atom. The summed E-state index contributed by atoms with van der Waals surface area (Å²) in [5.74, 6) is 0.864. The summed E-state index contributed by atoms with van der Waals surface area (Å²) in [6.07, 6.45) is 2.73. The van der Waals surface area contributed by atoms with Crippen LogP contribution in [0.1, 0.15) is 24.3 Å². The highest BCUT2D eigenvalue weighted by atomic mass is 16.5. The van der Waals surface area contributed by atoms with Crippen LogP contribution in [0.5, 0.6) is 5.75 Å². The first kappa shape index (κ1) is 8.57. The lowest BCUT2D eigenvalue weighted by atomic mass is 9.77. The molecular weight excluding hydrogens is 164 g/mol. The Morgan fingerprint density at radius 2 is 1.92 bits per heavy atom. The molecule has 0 aliphatic heterocycles. The molecule has 2 unspecified atom stereocenters. The maximum Gasteiger partial charge on any atom is 0.115 e. The predicted molar refractivity (Wildman–Crippen MR) is 50.9 cm³/mol. The van der Waals surface area contributed by atoms with Crippen molar-refractivity contribution in [2.24, 2.45) is 0 Å². The highest BCUT2D eigenvalue weighted by molar-refractivity contribution is 5.30. The zero-order valence-electron chi connectivity index (χ0n) is 7.73. The Kier molecular flexibility index (Phi) is 2.23. The zero-order valence-corrected chi connectivity index (χ0v) is 7.73. The summed E-state index contributed by atoms with van der Waals surface area (Å²) in [7, 11) is 1.76. The largest absolute Gasteiger partial charge is 0.508 e. The van der Waals surface area contributed by atoms with Crippen molar-refractivity contribution in [3.63, 3.8) is 0 Å². The average molecular weight is 178 g/mol. The van der Waals surface area contributed by atoms with Crippen molar-refractivity contribution in [1.82, 2.24) is 0 Å². The quantitative estimate of drug-likeness (QED) is 0.752. The van der Waals surface area contributed by atoms with Gasteiger partial charge in [-0.05, 0) is 30.5 Å². The fourth-order valence-electron chi connectivity index (χ4n) is 1.85. The van der Waals surface area contributed by atoms with Crippen LogP contribution in [-0.4, -0.2) is 18.3 Å². The van der Waals surface area contributed by atoms with Crippen LogP contribution in [0.15, 0.2) is 24.3 Å². The third-order valence-corrected chi connectivity index (χ3v) is 2.83. The Morgan fingerprint density at radius 3 is 2.38 bits per heavy atom. The van der Waals surface area contributed by atoms with E-state index >= 15 is 0 Å². The van der Waals surface area contributed by atoms with Gasteiger partial charge in [0.05, 0.1) is 6.10 Å². The average Bonchev–Trinajstić information content (AvgIpc) is 2.08. The molecule has 70 valence electrons. The molecule has 1 saturated carbocycles. The molecule has 13 heavy (non-hydrogen) atoms. The van der Waals surface area contributed by atoms with Crippen LogP contribution in [0, 0.1) is 0 Å². The number of hydrogen-bond acceptors (Lipinski definition) is 2. The highest BCUT2D eigenvalue weighted by Crippen LogP contribution is 2.38. The topological polar surface area (TPSA) is 29.5 Å². The normalized spacial score (nSPS) is 26.8. The van der Waals surface area contributed by atoms with Crippen molar-refractivity contribution in [3.8, 4) is 5.75 Å². The van der Waals surface area contributed by atoms with Gasteiger partial charge in [-0.3, -0.25) is 0 Å². The number of rotatable bonds is 2. The van der Waals surface area contributed by atoms with Crippen LogP contribution in [0.2, 0.25) is 0 Å². The molecular formula is C11H14O2. The Bertz CT molecular complexity index is 277. The highest BCUT2D eigenvalue weighted by Gasteiger charge is 2.31. The van der Waals surface area contributed by atoms with Crippen LogP contribution in [-0.2, 0) is 4.74 Å². The summed E-state index contributed by atoms with van der Waals surface area (Å²) in [5.41, 5.74) is 1.27. The summed E-state index contributed by atoms with van der Waals surface area (Å²) in [5, 5.41) is 9.12. The molecule has 1 fully saturated rings. The lowest BCUT2D eigenvalue weighted by molar-refractivity contribution is 0.0183. The van der Waals surface area contributed by atoms with Gasteiger partial charge in [-0.15, -0.1) is 0 Å². The molecule has 0 heterocycles. The van der Waals surface area contributed by atoms with E-state index in [-0.39, 0.29) is 0 Å². The van der Waals surface area contributed by atoms with Gasteiger partial charge in [0, 0.05) is 13.0 Å². The van der Waals surface area contributed by atoms with E-state index < -0.39 is 0 Å². The first-order valence-corrected chi connectivity index (χ1v) is 4.63. The van der Waals surface area contributed by atoms with Crippen molar-refractivity contribution in [3.05, 3.63) is 29.8 Å². The Labute approximate surface area is 78.2 Å². The minimum atomic E-state index is 0.331. The van der Waals surface area contributed by atoms with Crippen LogP contribution in [0.4, 0.5) is 0 Å². The molecule has 0 amide bonds. The molecule has 2 rings (SSSR count). The van der Waals surface area contributed by atoms with Gasteiger partial charge in [0.25, 0.3) is 0 Å². The minimum Gasteiger partial charge on any atom is -0.508 e. The third kappa shape index (κ3) is 1.54. The van der Waals surface area contributed by atoms with E-state index in [2.05, 4.69) is 0 Å². The summed E-state index contributed by atoms with van der Waals surface area (Å²) in [6, 6.07) is 7.43. The number of phenols is 1. The zero-order chi connectivity index (χ0) is 9.26. The summed E-state index contributed by atoms with van der Waals surface area (Å²) < 4.78 is 5.32. The Hall–Kier alpha value is -1.02. The number of phenolic OH excluding ortho intramolecular Hbond substituents is 1. The Balaban J connectivity index is 2.12. The third-order valence-electron chi connectivity index (χ3n) is 2.83. The molecule has 2 nitrogen and oxygen atoms in total. The number of hydrogen-bond donors (Lipinski definition) is 1. The van der Waals surface area contributed by atoms with Gasteiger partial charge in [-0.1, -0.05) is 12.1 Å². The van der Waals surface area contributed by atoms with Crippen molar-refractivity contribution >= 4 is 0 Å².